The van der Waals surface area contributed by atoms with Gasteiger partial charge in [-0.05, 0) is 79.3 Å². The summed E-state index contributed by atoms with van der Waals surface area (Å²) in [5.41, 5.74) is 0.479. The number of hydrogen-bond acceptors (Lipinski definition) is 8. The van der Waals surface area contributed by atoms with Gasteiger partial charge in [-0.3, -0.25) is 14.3 Å². The summed E-state index contributed by atoms with van der Waals surface area (Å²) in [5, 5.41) is 17.9. The number of methoxy groups -OCH3 is 1. The Morgan fingerprint density at radius 3 is 2.53 bits per heavy atom. The summed E-state index contributed by atoms with van der Waals surface area (Å²) in [5.74, 6) is -2.27. The van der Waals surface area contributed by atoms with Gasteiger partial charge in [0.1, 0.15) is 23.0 Å². The van der Waals surface area contributed by atoms with E-state index in [4.69, 9.17) is 21.4 Å². The normalized spacial score (nSPS) is 22.2. The van der Waals surface area contributed by atoms with E-state index in [0.717, 1.165) is 25.1 Å². The van der Waals surface area contributed by atoms with Gasteiger partial charge in [-0.25, -0.2) is 28.4 Å². The van der Waals surface area contributed by atoms with Crippen LogP contribution in [0.25, 0.3) is 26.3 Å². The Kier molecular flexibility index (Phi) is 7.31. The minimum Gasteiger partial charge on any atom is -0.508 e. The number of para-hydroxylation sites is 1. The van der Waals surface area contributed by atoms with Crippen molar-refractivity contribution in [2.45, 2.75) is 38.8 Å². The summed E-state index contributed by atoms with van der Waals surface area (Å²) in [6, 6.07) is 20.2. The van der Waals surface area contributed by atoms with Crippen molar-refractivity contribution in [1.82, 2.24) is 23.7 Å². The lowest BCUT2D eigenvalue weighted by molar-refractivity contribution is -0.129. The predicted octanol–water partition coefficient (Wildman–Crippen LogP) is 5.96. The van der Waals surface area contributed by atoms with Crippen molar-refractivity contribution in [3.05, 3.63) is 122 Å². The van der Waals surface area contributed by atoms with Gasteiger partial charge in [0.2, 0.25) is 11.8 Å². The molecule has 3 aromatic carbocycles. The van der Waals surface area contributed by atoms with Crippen LogP contribution in [0.5, 0.6) is 11.5 Å². The maximum absolute atomic E-state index is 15.1. The van der Waals surface area contributed by atoms with Crippen LogP contribution in [0.2, 0.25) is 5.02 Å². The molecule has 2 aliphatic heterocycles. The smallest absolute Gasteiger partial charge is 0.352 e. The number of hydrogen-bond donors (Lipinski definition) is 1. The number of amides is 2. The lowest BCUT2D eigenvalue weighted by Gasteiger charge is -2.47. The topological polar surface area (TPSA) is 134 Å². The zero-order valence-electron chi connectivity index (χ0n) is 29.1. The number of benzene rings is 3. The molecular weight excluding hydrogens is 716 g/mol. The van der Waals surface area contributed by atoms with Crippen LogP contribution in [0, 0.1) is 18.3 Å². The number of rotatable bonds is 5. The molecule has 6 aromatic rings. The molecule has 1 aliphatic carbocycles. The molecule has 12 nitrogen and oxygen atoms in total. The molecule has 14 heteroatoms. The van der Waals surface area contributed by atoms with Gasteiger partial charge in [0.15, 0.2) is 0 Å². The molecule has 0 spiro atoms. The quantitative estimate of drug-likeness (QED) is 0.170. The van der Waals surface area contributed by atoms with Crippen molar-refractivity contribution in [2.24, 2.45) is 18.4 Å². The number of carbonyl (C=O) groups excluding carboxylic acids is 2. The van der Waals surface area contributed by atoms with E-state index in [2.05, 4.69) is 0 Å². The minimum absolute atomic E-state index is 0.0452. The van der Waals surface area contributed by atoms with Gasteiger partial charge in [-0.1, -0.05) is 41.9 Å². The highest BCUT2D eigenvalue weighted by atomic mass is 35.5. The number of thiophene rings is 1. The fourth-order valence-electron chi connectivity index (χ4n) is 8.82. The van der Waals surface area contributed by atoms with Crippen molar-refractivity contribution in [1.29, 1.82) is 0 Å². The van der Waals surface area contributed by atoms with Crippen molar-refractivity contribution in [3.8, 4) is 27.8 Å². The lowest BCUT2D eigenvalue weighted by atomic mass is 9.56. The molecule has 3 aliphatic rings. The van der Waals surface area contributed by atoms with Gasteiger partial charge in [0.25, 0.3) is 0 Å². The monoisotopic (exact) mass is 748 g/mol. The molecule has 1 saturated carbocycles. The van der Waals surface area contributed by atoms with Crippen molar-refractivity contribution in [3.63, 3.8) is 0 Å². The van der Waals surface area contributed by atoms with Gasteiger partial charge in [-0.2, -0.15) is 5.10 Å². The molecule has 9 rings (SSSR count). The Morgan fingerprint density at radius 2 is 1.77 bits per heavy atom. The van der Waals surface area contributed by atoms with Gasteiger partial charge in [0, 0.05) is 34.3 Å². The van der Waals surface area contributed by atoms with Crippen molar-refractivity contribution >= 4 is 50.7 Å². The Labute approximate surface area is 311 Å². The standard InChI is InChI=1S/C39H33ClN6O6S/c1-20-24-17-21(40)13-14-30(24)53-34(20)26-19-31(42(3)41-26)45-35(48)25-18-27-23(33(39(25,2)36(45)49)32-28(47)11-8-12-29(32)52-4)15-16-43-37(50)44(38(51)46(27)43)22-9-6-5-7-10-22/h5-15,17,19,25,27,33,47H,16,18H2,1-4H3/t25-,27+,33+,39+/m0/s1. The Balaban J connectivity index is 1.22. The molecule has 1 saturated heterocycles. The first-order valence-electron chi connectivity index (χ1n) is 17.1. The van der Waals surface area contributed by atoms with E-state index >= 15 is 4.79 Å². The third kappa shape index (κ3) is 4.50. The second-order valence-corrected chi connectivity index (χ2v) is 15.5. The van der Waals surface area contributed by atoms with E-state index in [-0.39, 0.29) is 18.7 Å². The summed E-state index contributed by atoms with van der Waals surface area (Å²) < 4.78 is 12.2. The first kappa shape index (κ1) is 33.2. The molecule has 0 radical (unpaired) electrons. The second kappa shape index (κ2) is 11.7. The highest BCUT2D eigenvalue weighted by molar-refractivity contribution is 7.22. The summed E-state index contributed by atoms with van der Waals surface area (Å²) in [4.78, 5) is 60.1. The number of anilines is 1. The number of nitrogens with zero attached hydrogens (tertiary/aromatic N) is 6. The van der Waals surface area contributed by atoms with Crippen molar-refractivity contribution in [2.75, 3.05) is 12.0 Å². The number of imide groups is 1. The number of aromatic hydroxyl groups is 1. The molecule has 3 aromatic heterocycles. The van der Waals surface area contributed by atoms with E-state index in [9.17, 15) is 19.5 Å². The average Bonchev–Trinajstić information content (AvgIpc) is 3.82. The molecule has 0 bridgehead atoms. The number of carbonyl (C=O) groups is 2. The van der Waals surface area contributed by atoms with Gasteiger partial charge >= 0.3 is 11.4 Å². The molecule has 0 unspecified atom stereocenters. The molecule has 1 N–H and O–H groups in total. The number of aromatic nitrogens is 5. The van der Waals surface area contributed by atoms with Gasteiger partial charge in [-0.15, -0.1) is 11.3 Å². The van der Waals surface area contributed by atoms with Crippen LogP contribution >= 0.6 is 22.9 Å². The van der Waals surface area contributed by atoms with E-state index < -0.39 is 46.5 Å². The molecule has 2 amide bonds. The molecular formula is C39H33ClN6O6S. The zero-order valence-corrected chi connectivity index (χ0v) is 30.7. The number of phenols is 1. The lowest BCUT2D eigenvalue weighted by Crippen LogP contribution is -2.49. The summed E-state index contributed by atoms with van der Waals surface area (Å²) in [6.07, 6.45) is 1.91. The van der Waals surface area contributed by atoms with E-state index in [1.807, 2.05) is 31.2 Å². The fourth-order valence-corrected chi connectivity index (χ4v) is 10.1. The number of ether oxygens (including phenoxy) is 1. The number of halogens is 1. The number of fused-ring (bicyclic) bond motifs is 5. The number of allylic oxidation sites excluding steroid dienone is 2. The summed E-state index contributed by atoms with van der Waals surface area (Å²) in [6.45, 7) is 3.79. The van der Waals surface area contributed by atoms with Crippen LogP contribution in [0.1, 0.15) is 36.4 Å². The van der Waals surface area contributed by atoms with Crippen LogP contribution in [0.4, 0.5) is 5.82 Å². The third-order valence-corrected chi connectivity index (χ3v) is 12.8. The maximum Gasteiger partial charge on any atom is 0.352 e. The summed E-state index contributed by atoms with van der Waals surface area (Å²) >= 11 is 7.86. The largest absolute Gasteiger partial charge is 0.508 e. The second-order valence-electron chi connectivity index (χ2n) is 14.0. The predicted molar refractivity (Wildman–Crippen MR) is 201 cm³/mol. The highest BCUT2D eigenvalue weighted by Gasteiger charge is 2.66. The van der Waals surface area contributed by atoms with Crippen LogP contribution in [-0.4, -0.2) is 47.7 Å². The van der Waals surface area contributed by atoms with Crippen LogP contribution in [0.15, 0.2) is 94.0 Å². The molecule has 268 valence electrons. The van der Waals surface area contributed by atoms with Crippen LogP contribution in [-0.2, 0) is 23.2 Å². The van der Waals surface area contributed by atoms with E-state index in [1.54, 1.807) is 73.8 Å². The molecule has 4 atom stereocenters. The number of aryl methyl sites for hydroxylation is 2. The maximum atomic E-state index is 15.1. The molecule has 53 heavy (non-hydrogen) atoms. The Bertz CT molecular complexity index is 2700. The molecule has 2 fully saturated rings. The average molecular weight is 749 g/mol. The Morgan fingerprint density at radius 1 is 1.00 bits per heavy atom. The van der Waals surface area contributed by atoms with Crippen LogP contribution < -0.4 is 21.0 Å². The van der Waals surface area contributed by atoms with Crippen molar-refractivity contribution < 1.29 is 19.4 Å². The third-order valence-electron chi connectivity index (χ3n) is 11.3. The minimum atomic E-state index is -1.42. The highest BCUT2D eigenvalue weighted by Crippen LogP contribution is 2.63. The Hall–Kier alpha value is -5.66. The SMILES string of the molecule is COc1cccc(O)c1[C@H]1C2=CCn3c(=O)n(-c4ccccc4)c(=O)n3[C@@H]2C[C@H]2C(=O)N(c3cc(-c4sc5ccc(Cl)cc5c4C)nn3C)C(=O)[C@@]12C. The molecule has 5 heterocycles. The van der Waals surface area contributed by atoms with Gasteiger partial charge in [0.05, 0.1) is 41.6 Å². The fraction of sp³-hybridized carbons (Fsp3) is 0.256. The zero-order chi connectivity index (χ0) is 37.1. The van der Waals surface area contributed by atoms with E-state index in [1.165, 1.54) is 32.1 Å². The van der Waals surface area contributed by atoms with Gasteiger partial charge < -0.3 is 9.84 Å². The first-order chi connectivity index (χ1) is 25.4. The van der Waals surface area contributed by atoms with E-state index in [0.29, 0.717) is 39.1 Å². The number of phenolic OH excluding ortho intramolecular Hbond substituents is 1. The summed E-state index contributed by atoms with van der Waals surface area (Å²) in [7, 11) is 3.17. The van der Waals surface area contributed by atoms with Crippen LogP contribution in [0.3, 0.4) is 0 Å². The first-order valence-corrected chi connectivity index (χ1v) is 18.3.